The molecule has 2 aromatic carbocycles. The summed E-state index contributed by atoms with van der Waals surface area (Å²) >= 11 is 0. The molecule has 0 amide bonds. The molecule has 1 saturated heterocycles. The molecule has 3 aliphatic rings. The Hall–Kier alpha value is -2.77. The summed E-state index contributed by atoms with van der Waals surface area (Å²) in [5.74, 6) is 1.67. The molecule has 3 atom stereocenters. The summed E-state index contributed by atoms with van der Waals surface area (Å²) in [7, 11) is 0. The van der Waals surface area contributed by atoms with E-state index in [9.17, 15) is 9.90 Å². The number of aliphatic hydroxyl groups is 1. The lowest BCUT2D eigenvalue weighted by molar-refractivity contribution is 0.0713. The molecule has 0 unspecified atom stereocenters. The quantitative estimate of drug-likeness (QED) is 0.827. The van der Waals surface area contributed by atoms with Gasteiger partial charge in [0, 0.05) is 18.1 Å². The van der Waals surface area contributed by atoms with E-state index in [1.807, 2.05) is 18.2 Å². The van der Waals surface area contributed by atoms with Gasteiger partial charge in [-0.15, -0.1) is 0 Å². The topological polar surface area (TPSA) is 83.5 Å². The molecule has 0 spiro atoms. The standard InChI is InChI=1S/C20H18O7/c21-7-13-14(19(22)11-1-3-15-17(5-11)26-9-24-15)8-23-20(13)12-2-4-16-18(6-12)27-10-25-16/h1-6,13-14,20-21H,7-10H2/t13-,14+,20-/m0/s1. The molecule has 27 heavy (non-hydrogen) atoms. The normalized spacial score (nSPS) is 25.0. The van der Waals surface area contributed by atoms with Crippen LogP contribution in [0.2, 0.25) is 0 Å². The molecule has 0 saturated carbocycles. The second kappa shape index (κ2) is 6.44. The second-order valence-electron chi connectivity index (χ2n) is 6.75. The number of benzene rings is 2. The molecule has 3 aliphatic heterocycles. The highest BCUT2D eigenvalue weighted by Crippen LogP contribution is 2.43. The van der Waals surface area contributed by atoms with Crippen LogP contribution in [0.4, 0.5) is 0 Å². The highest BCUT2D eigenvalue weighted by Gasteiger charge is 2.42. The maximum atomic E-state index is 13.0. The maximum absolute atomic E-state index is 13.0. The van der Waals surface area contributed by atoms with E-state index >= 15 is 0 Å². The average molecular weight is 370 g/mol. The minimum atomic E-state index is -0.439. The highest BCUT2D eigenvalue weighted by molar-refractivity contribution is 5.99. The fourth-order valence-electron chi connectivity index (χ4n) is 3.86. The lowest BCUT2D eigenvalue weighted by Gasteiger charge is -2.20. The van der Waals surface area contributed by atoms with Crippen LogP contribution in [0.5, 0.6) is 23.0 Å². The Morgan fingerprint density at radius 3 is 2.33 bits per heavy atom. The third-order valence-corrected chi connectivity index (χ3v) is 5.29. The predicted octanol–water partition coefficient (Wildman–Crippen LogP) is 2.32. The van der Waals surface area contributed by atoms with E-state index < -0.39 is 5.92 Å². The fourth-order valence-corrected chi connectivity index (χ4v) is 3.86. The van der Waals surface area contributed by atoms with Crippen LogP contribution in [-0.4, -0.2) is 37.7 Å². The number of ether oxygens (including phenoxy) is 5. The molecule has 1 N–H and O–H groups in total. The van der Waals surface area contributed by atoms with E-state index in [-0.39, 0.29) is 44.6 Å². The number of carbonyl (C=O) groups excluding carboxylic acids is 1. The lowest BCUT2D eigenvalue weighted by Crippen LogP contribution is -2.26. The second-order valence-corrected chi connectivity index (χ2v) is 6.75. The minimum absolute atomic E-state index is 0.0735. The van der Waals surface area contributed by atoms with Gasteiger partial charge in [-0.3, -0.25) is 4.79 Å². The Kier molecular flexibility index (Phi) is 3.91. The van der Waals surface area contributed by atoms with Gasteiger partial charge < -0.3 is 28.8 Å². The van der Waals surface area contributed by atoms with Crippen molar-refractivity contribution in [2.45, 2.75) is 6.10 Å². The molecule has 7 heteroatoms. The SMILES string of the molecule is O=C(c1ccc2c(c1)OCO2)[C@@H]1CO[C@@H](c2ccc3c(c2)OCO3)[C@H]1CO. The smallest absolute Gasteiger partial charge is 0.231 e. The zero-order chi connectivity index (χ0) is 18.4. The highest BCUT2D eigenvalue weighted by atomic mass is 16.7. The predicted molar refractivity (Wildman–Crippen MR) is 92.2 cm³/mol. The summed E-state index contributed by atoms with van der Waals surface area (Å²) in [5.41, 5.74) is 1.39. The molecule has 0 radical (unpaired) electrons. The van der Waals surface area contributed by atoms with Gasteiger partial charge in [0.1, 0.15) is 0 Å². The van der Waals surface area contributed by atoms with Gasteiger partial charge in [-0.1, -0.05) is 6.07 Å². The van der Waals surface area contributed by atoms with Gasteiger partial charge in [0.25, 0.3) is 0 Å². The Morgan fingerprint density at radius 2 is 1.59 bits per heavy atom. The zero-order valence-corrected chi connectivity index (χ0v) is 14.4. The van der Waals surface area contributed by atoms with Crippen LogP contribution in [-0.2, 0) is 4.74 Å². The van der Waals surface area contributed by atoms with E-state index in [4.69, 9.17) is 23.7 Å². The summed E-state index contributed by atoms with van der Waals surface area (Å²) in [6.07, 6.45) is -0.382. The molecule has 0 bridgehead atoms. The average Bonchev–Trinajstić information content (AvgIpc) is 3.44. The number of aliphatic hydroxyl groups excluding tert-OH is 1. The van der Waals surface area contributed by atoms with Crippen molar-refractivity contribution in [2.75, 3.05) is 26.8 Å². The van der Waals surface area contributed by atoms with Crippen molar-refractivity contribution in [3.05, 3.63) is 47.5 Å². The molecule has 140 valence electrons. The molecule has 1 fully saturated rings. The first-order valence-corrected chi connectivity index (χ1v) is 8.80. The van der Waals surface area contributed by atoms with Crippen molar-refractivity contribution >= 4 is 5.78 Å². The van der Waals surface area contributed by atoms with E-state index in [1.165, 1.54) is 0 Å². The Bertz CT molecular complexity index is 894. The monoisotopic (exact) mass is 370 g/mol. The van der Waals surface area contributed by atoms with Crippen molar-refractivity contribution in [2.24, 2.45) is 11.8 Å². The van der Waals surface area contributed by atoms with Crippen molar-refractivity contribution < 1.29 is 33.6 Å². The first-order chi connectivity index (χ1) is 13.2. The number of fused-ring (bicyclic) bond motifs is 2. The largest absolute Gasteiger partial charge is 0.454 e. The van der Waals surface area contributed by atoms with Gasteiger partial charge in [0.15, 0.2) is 28.8 Å². The van der Waals surface area contributed by atoms with Gasteiger partial charge in [-0.25, -0.2) is 0 Å². The van der Waals surface area contributed by atoms with E-state index in [1.54, 1.807) is 18.2 Å². The van der Waals surface area contributed by atoms with Gasteiger partial charge in [-0.2, -0.15) is 0 Å². The molecule has 0 aliphatic carbocycles. The summed E-state index contributed by atoms with van der Waals surface area (Å²) in [6, 6.07) is 10.7. The summed E-state index contributed by atoms with van der Waals surface area (Å²) in [4.78, 5) is 13.0. The maximum Gasteiger partial charge on any atom is 0.231 e. The van der Waals surface area contributed by atoms with Crippen LogP contribution >= 0.6 is 0 Å². The zero-order valence-electron chi connectivity index (χ0n) is 14.4. The van der Waals surface area contributed by atoms with E-state index in [0.29, 0.717) is 28.6 Å². The van der Waals surface area contributed by atoms with Gasteiger partial charge in [0.05, 0.1) is 18.6 Å². The minimum Gasteiger partial charge on any atom is -0.454 e. The Balaban J connectivity index is 1.40. The molecule has 2 aromatic rings. The molecule has 7 nitrogen and oxygen atoms in total. The van der Waals surface area contributed by atoms with Gasteiger partial charge in [-0.05, 0) is 35.9 Å². The van der Waals surface area contributed by atoms with E-state index in [2.05, 4.69) is 0 Å². The summed E-state index contributed by atoms with van der Waals surface area (Å²) < 4.78 is 27.3. The Labute approximate surface area is 155 Å². The van der Waals surface area contributed by atoms with Crippen LogP contribution in [0.25, 0.3) is 0 Å². The van der Waals surface area contributed by atoms with Crippen LogP contribution in [0.15, 0.2) is 36.4 Å². The number of hydrogen-bond acceptors (Lipinski definition) is 7. The van der Waals surface area contributed by atoms with Crippen LogP contribution in [0.1, 0.15) is 22.0 Å². The molecule has 0 aromatic heterocycles. The van der Waals surface area contributed by atoms with Gasteiger partial charge >= 0.3 is 0 Å². The molecular weight excluding hydrogens is 352 g/mol. The number of carbonyl (C=O) groups is 1. The van der Waals surface area contributed by atoms with Crippen molar-refractivity contribution in [3.63, 3.8) is 0 Å². The fraction of sp³-hybridized carbons (Fsp3) is 0.350. The molecule has 3 heterocycles. The first-order valence-electron chi connectivity index (χ1n) is 8.80. The first kappa shape index (κ1) is 16.4. The third-order valence-electron chi connectivity index (χ3n) is 5.29. The van der Waals surface area contributed by atoms with E-state index in [0.717, 1.165) is 5.56 Å². The summed E-state index contributed by atoms with van der Waals surface area (Å²) in [6.45, 7) is 0.446. The van der Waals surface area contributed by atoms with Crippen molar-refractivity contribution in [1.29, 1.82) is 0 Å². The number of hydrogen-bond donors (Lipinski definition) is 1. The number of rotatable bonds is 4. The molecule has 5 rings (SSSR count). The van der Waals surface area contributed by atoms with Gasteiger partial charge in [0.2, 0.25) is 13.6 Å². The Morgan fingerprint density at radius 1 is 0.926 bits per heavy atom. The lowest BCUT2D eigenvalue weighted by atomic mass is 9.83. The third kappa shape index (κ3) is 2.70. The number of ketones is 1. The molecular formula is C20H18O7. The van der Waals surface area contributed by atoms with Crippen LogP contribution < -0.4 is 18.9 Å². The van der Waals surface area contributed by atoms with Crippen molar-refractivity contribution in [3.8, 4) is 23.0 Å². The van der Waals surface area contributed by atoms with Crippen LogP contribution in [0, 0.1) is 11.8 Å². The van der Waals surface area contributed by atoms with Crippen LogP contribution in [0.3, 0.4) is 0 Å². The summed E-state index contributed by atoms with van der Waals surface area (Å²) in [5, 5.41) is 9.98. The van der Waals surface area contributed by atoms with Crippen molar-refractivity contribution in [1.82, 2.24) is 0 Å². The number of Topliss-reactive ketones (excluding diaryl/α,β-unsaturated/α-hetero) is 1.